The first-order valence-corrected chi connectivity index (χ1v) is 9.37. The molecule has 3 rings (SSSR count). The molecule has 0 aliphatic rings. The number of hydrogen-bond donors (Lipinski definition) is 1. The van der Waals surface area contributed by atoms with Gasteiger partial charge in [0.15, 0.2) is 0 Å². The first-order chi connectivity index (χ1) is 13.7. The van der Waals surface area contributed by atoms with E-state index in [1.54, 1.807) is 12.0 Å². The summed E-state index contributed by atoms with van der Waals surface area (Å²) in [5.74, 6) is 0.837. The highest BCUT2D eigenvalue weighted by Crippen LogP contribution is 2.21. The van der Waals surface area contributed by atoms with Crippen LogP contribution in [0.5, 0.6) is 5.75 Å². The fraction of sp³-hybridized carbons (Fsp3) is 0.208. The molecule has 0 unspecified atom stereocenters. The number of rotatable bonds is 8. The minimum atomic E-state index is -0.0310. The van der Waals surface area contributed by atoms with Crippen molar-refractivity contribution in [3.63, 3.8) is 0 Å². The Hall–Kier alpha value is -3.11. The number of likely N-dealkylation sites (N-methyl/N-ethyl adjacent to an activating group) is 1. The summed E-state index contributed by atoms with van der Waals surface area (Å²) in [6, 6.07) is 28.1. The average Bonchev–Trinajstić information content (AvgIpc) is 2.75. The molecule has 0 aliphatic carbocycles. The lowest BCUT2D eigenvalue weighted by molar-refractivity contribution is -0.129. The summed E-state index contributed by atoms with van der Waals surface area (Å²) in [6.45, 7) is 0.800. The molecule has 0 heterocycles. The fourth-order valence-electron chi connectivity index (χ4n) is 3.18. The first-order valence-electron chi connectivity index (χ1n) is 9.37. The second kappa shape index (κ2) is 9.72. The van der Waals surface area contributed by atoms with Crippen molar-refractivity contribution in [3.05, 3.63) is 102 Å². The van der Waals surface area contributed by atoms with Crippen molar-refractivity contribution in [2.45, 2.75) is 12.6 Å². The molecule has 1 amide bonds. The van der Waals surface area contributed by atoms with Crippen molar-refractivity contribution in [2.24, 2.45) is 0 Å². The maximum Gasteiger partial charge on any atom is 0.236 e. The molecule has 28 heavy (non-hydrogen) atoms. The van der Waals surface area contributed by atoms with E-state index < -0.39 is 0 Å². The zero-order chi connectivity index (χ0) is 19.8. The Labute approximate surface area is 166 Å². The van der Waals surface area contributed by atoms with Crippen LogP contribution in [0.1, 0.15) is 22.7 Å². The van der Waals surface area contributed by atoms with Gasteiger partial charge in [0.05, 0.1) is 19.7 Å². The molecule has 0 atom stereocenters. The van der Waals surface area contributed by atoms with Crippen LogP contribution in [-0.2, 0) is 11.3 Å². The summed E-state index contributed by atoms with van der Waals surface area (Å²) in [4.78, 5) is 14.4. The third-order valence-electron chi connectivity index (χ3n) is 4.70. The molecular formula is C24H26N2O2. The molecule has 4 nitrogen and oxygen atoms in total. The highest BCUT2D eigenvalue weighted by Gasteiger charge is 2.16. The van der Waals surface area contributed by atoms with Gasteiger partial charge in [-0.1, -0.05) is 72.8 Å². The van der Waals surface area contributed by atoms with Crippen LogP contribution in [0.2, 0.25) is 0 Å². The lowest BCUT2D eigenvalue weighted by atomic mass is 9.99. The Morgan fingerprint density at radius 1 is 0.929 bits per heavy atom. The molecule has 1 N–H and O–H groups in total. The molecular weight excluding hydrogens is 348 g/mol. The summed E-state index contributed by atoms with van der Waals surface area (Å²) in [5.41, 5.74) is 3.31. The van der Waals surface area contributed by atoms with Crippen LogP contribution >= 0.6 is 0 Å². The molecule has 144 valence electrons. The lowest BCUT2D eigenvalue weighted by Gasteiger charge is -2.22. The highest BCUT2D eigenvalue weighted by molar-refractivity contribution is 5.78. The van der Waals surface area contributed by atoms with Crippen LogP contribution in [0.25, 0.3) is 0 Å². The predicted octanol–water partition coefficient (Wildman–Crippen LogP) is 4.03. The summed E-state index contributed by atoms with van der Waals surface area (Å²) < 4.78 is 5.26. The Balaban J connectivity index is 1.66. The monoisotopic (exact) mass is 374 g/mol. The van der Waals surface area contributed by atoms with E-state index in [9.17, 15) is 4.79 Å². The molecule has 0 radical (unpaired) electrons. The number of hydrogen-bond acceptors (Lipinski definition) is 3. The maximum absolute atomic E-state index is 12.7. The summed E-state index contributed by atoms with van der Waals surface area (Å²) in [6.07, 6.45) is 0. The second-order valence-corrected chi connectivity index (χ2v) is 6.74. The predicted molar refractivity (Wildman–Crippen MR) is 112 cm³/mol. The van der Waals surface area contributed by atoms with Gasteiger partial charge in [-0.25, -0.2) is 0 Å². The number of nitrogens with one attached hydrogen (secondary N) is 1. The van der Waals surface area contributed by atoms with E-state index in [1.807, 2.05) is 67.7 Å². The molecule has 0 bridgehead atoms. The maximum atomic E-state index is 12.7. The third-order valence-corrected chi connectivity index (χ3v) is 4.70. The minimum Gasteiger partial charge on any atom is -0.497 e. The molecule has 0 saturated heterocycles. The Morgan fingerprint density at radius 3 is 2.11 bits per heavy atom. The van der Waals surface area contributed by atoms with Gasteiger partial charge >= 0.3 is 0 Å². The summed E-state index contributed by atoms with van der Waals surface area (Å²) in [7, 11) is 3.47. The van der Waals surface area contributed by atoms with Crippen molar-refractivity contribution < 1.29 is 9.53 Å². The molecule has 0 fully saturated rings. The largest absolute Gasteiger partial charge is 0.497 e. The molecule has 3 aromatic rings. The molecule has 0 aromatic heterocycles. The van der Waals surface area contributed by atoms with Gasteiger partial charge in [-0.05, 0) is 28.8 Å². The zero-order valence-electron chi connectivity index (χ0n) is 16.3. The van der Waals surface area contributed by atoms with Gasteiger partial charge in [-0.15, -0.1) is 0 Å². The number of carbonyl (C=O) groups is 1. The van der Waals surface area contributed by atoms with Gasteiger partial charge in [0.2, 0.25) is 5.91 Å². The van der Waals surface area contributed by atoms with Crippen molar-refractivity contribution in [1.82, 2.24) is 10.2 Å². The van der Waals surface area contributed by atoms with Crippen molar-refractivity contribution >= 4 is 5.91 Å². The van der Waals surface area contributed by atoms with E-state index in [0.717, 1.165) is 22.4 Å². The van der Waals surface area contributed by atoms with E-state index in [-0.39, 0.29) is 18.5 Å². The normalized spacial score (nSPS) is 10.7. The average molecular weight is 374 g/mol. The second-order valence-electron chi connectivity index (χ2n) is 6.74. The molecule has 3 aromatic carbocycles. The first kappa shape index (κ1) is 19.6. The van der Waals surface area contributed by atoms with Crippen LogP contribution < -0.4 is 10.1 Å². The van der Waals surface area contributed by atoms with Gasteiger partial charge in [0, 0.05) is 13.6 Å². The van der Waals surface area contributed by atoms with E-state index >= 15 is 0 Å². The van der Waals surface area contributed by atoms with E-state index in [1.165, 1.54) is 0 Å². The van der Waals surface area contributed by atoms with E-state index in [2.05, 4.69) is 29.6 Å². The quantitative estimate of drug-likeness (QED) is 0.647. The number of methoxy groups -OCH3 is 1. The fourth-order valence-corrected chi connectivity index (χ4v) is 3.18. The molecule has 0 spiro atoms. The smallest absolute Gasteiger partial charge is 0.236 e. The van der Waals surface area contributed by atoms with Crippen molar-refractivity contribution in [3.8, 4) is 5.75 Å². The van der Waals surface area contributed by atoms with Crippen LogP contribution in [0.3, 0.4) is 0 Å². The minimum absolute atomic E-state index is 0.0310. The lowest BCUT2D eigenvalue weighted by Crippen LogP contribution is -2.37. The summed E-state index contributed by atoms with van der Waals surface area (Å²) in [5, 5.41) is 3.43. The Bertz CT molecular complexity index is 842. The van der Waals surface area contributed by atoms with Crippen LogP contribution in [0.15, 0.2) is 84.9 Å². The standard InChI is InChI=1S/C24H26N2O2/c1-26(18-19-10-9-15-22(16-19)28-2)23(27)17-25-24(20-11-5-3-6-12-20)21-13-7-4-8-14-21/h3-16,24-25H,17-18H2,1-2H3. The molecule has 0 aliphatic heterocycles. The van der Waals surface area contributed by atoms with Crippen molar-refractivity contribution in [1.29, 1.82) is 0 Å². The van der Waals surface area contributed by atoms with Gasteiger partial charge in [0.25, 0.3) is 0 Å². The van der Waals surface area contributed by atoms with Gasteiger partial charge < -0.3 is 9.64 Å². The number of amides is 1. The third kappa shape index (κ3) is 5.21. The van der Waals surface area contributed by atoms with Crippen LogP contribution in [-0.4, -0.2) is 31.5 Å². The molecule has 4 heteroatoms. The highest BCUT2D eigenvalue weighted by atomic mass is 16.5. The van der Waals surface area contributed by atoms with E-state index in [4.69, 9.17) is 4.74 Å². The van der Waals surface area contributed by atoms with Crippen LogP contribution in [0, 0.1) is 0 Å². The number of carbonyl (C=O) groups excluding carboxylic acids is 1. The van der Waals surface area contributed by atoms with Gasteiger partial charge in [0.1, 0.15) is 5.75 Å². The topological polar surface area (TPSA) is 41.6 Å². The SMILES string of the molecule is COc1cccc(CN(C)C(=O)CNC(c2ccccc2)c2ccccc2)c1. The number of ether oxygens (including phenoxy) is 1. The Morgan fingerprint density at radius 2 is 1.54 bits per heavy atom. The van der Waals surface area contributed by atoms with Crippen LogP contribution in [0.4, 0.5) is 0 Å². The number of nitrogens with zero attached hydrogens (tertiary/aromatic N) is 1. The Kier molecular flexibility index (Phi) is 6.82. The summed E-state index contributed by atoms with van der Waals surface area (Å²) >= 11 is 0. The van der Waals surface area contributed by atoms with E-state index in [0.29, 0.717) is 6.54 Å². The van der Waals surface area contributed by atoms with Gasteiger partial charge in [-0.2, -0.15) is 0 Å². The molecule has 0 saturated carbocycles. The van der Waals surface area contributed by atoms with Crippen molar-refractivity contribution in [2.75, 3.05) is 20.7 Å². The zero-order valence-corrected chi connectivity index (χ0v) is 16.3. The number of benzene rings is 3. The van der Waals surface area contributed by atoms with Gasteiger partial charge in [-0.3, -0.25) is 10.1 Å².